The zero-order valence-corrected chi connectivity index (χ0v) is 19.0. The highest BCUT2D eigenvalue weighted by atomic mass is 16.6. The van der Waals surface area contributed by atoms with E-state index in [9.17, 15) is 35.5 Å². The number of aliphatic hydroxyl groups excluding tert-OH is 3. The van der Waals surface area contributed by atoms with E-state index in [0.717, 1.165) is 0 Å². The van der Waals surface area contributed by atoms with Crippen LogP contribution in [-0.2, 0) is 9.53 Å². The molecule has 0 saturated carbocycles. The standard InChI is InChI=1S/C21H39NO8/c1-8-14-21(7,28)18(25)11(3)15(22-29)10(2)9-20(6,27)17(24)12(4)16(23)13(5)19(26)30-14/h10-14,16-18,23-25,27-29H,8-9H2,1-7H3/b22-15+. The minimum atomic E-state index is -1.87. The lowest BCUT2D eigenvalue weighted by Gasteiger charge is -2.42. The van der Waals surface area contributed by atoms with Crippen molar-refractivity contribution in [3.63, 3.8) is 0 Å². The van der Waals surface area contributed by atoms with Gasteiger partial charge in [-0.1, -0.05) is 32.9 Å². The molecule has 0 aromatic rings. The van der Waals surface area contributed by atoms with Gasteiger partial charge in [-0.15, -0.1) is 0 Å². The summed E-state index contributed by atoms with van der Waals surface area (Å²) in [5, 5.41) is 67.0. The zero-order chi connectivity index (χ0) is 23.6. The summed E-state index contributed by atoms with van der Waals surface area (Å²) in [5.74, 6) is -4.14. The van der Waals surface area contributed by atoms with Crippen LogP contribution < -0.4 is 0 Å². The minimum absolute atomic E-state index is 0.0418. The predicted octanol–water partition coefficient (Wildman–Crippen LogP) is 0.671. The molecule has 0 amide bonds. The van der Waals surface area contributed by atoms with Crippen LogP contribution in [-0.4, -0.2) is 78.0 Å². The van der Waals surface area contributed by atoms with Crippen molar-refractivity contribution in [1.82, 2.24) is 0 Å². The first-order valence-corrected chi connectivity index (χ1v) is 10.5. The van der Waals surface area contributed by atoms with E-state index >= 15 is 0 Å². The van der Waals surface area contributed by atoms with Crippen LogP contribution in [0.25, 0.3) is 0 Å². The first-order chi connectivity index (χ1) is 13.6. The molecule has 1 aliphatic rings. The molecule has 0 radical (unpaired) electrons. The van der Waals surface area contributed by atoms with Crippen molar-refractivity contribution in [3.8, 4) is 0 Å². The molecule has 10 atom stereocenters. The number of esters is 1. The molecule has 176 valence electrons. The maximum atomic E-state index is 12.6. The summed E-state index contributed by atoms with van der Waals surface area (Å²) in [7, 11) is 0. The largest absolute Gasteiger partial charge is 0.459 e. The molecule has 1 rings (SSSR count). The molecule has 30 heavy (non-hydrogen) atoms. The van der Waals surface area contributed by atoms with E-state index in [1.54, 1.807) is 20.8 Å². The predicted molar refractivity (Wildman–Crippen MR) is 110 cm³/mol. The van der Waals surface area contributed by atoms with E-state index in [1.807, 2.05) is 0 Å². The van der Waals surface area contributed by atoms with Gasteiger partial charge in [0.25, 0.3) is 0 Å². The number of carbonyl (C=O) groups is 1. The normalized spacial score (nSPS) is 48.8. The first kappa shape index (κ1) is 26.8. The van der Waals surface area contributed by atoms with Crippen molar-refractivity contribution in [2.75, 3.05) is 0 Å². The fraction of sp³-hybridized carbons (Fsp3) is 0.905. The molecule has 1 aliphatic heterocycles. The average Bonchev–Trinajstić information content (AvgIpc) is 2.67. The molecule has 0 spiro atoms. The summed E-state index contributed by atoms with van der Waals surface area (Å²) >= 11 is 0. The molecular formula is C21H39NO8. The van der Waals surface area contributed by atoms with Crippen molar-refractivity contribution in [1.29, 1.82) is 0 Å². The molecular weight excluding hydrogens is 394 g/mol. The number of oxime groups is 1. The van der Waals surface area contributed by atoms with Crippen molar-refractivity contribution in [3.05, 3.63) is 0 Å². The Bertz CT molecular complexity index is 620. The van der Waals surface area contributed by atoms with E-state index in [0.29, 0.717) is 0 Å². The Morgan fingerprint density at radius 2 is 1.57 bits per heavy atom. The van der Waals surface area contributed by atoms with Gasteiger partial charge in [-0.05, 0) is 33.6 Å². The highest BCUT2D eigenvalue weighted by Crippen LogP contribution is 2.34. The molecule has 0 aliphatic carbocycles. The molecule has 10 unspecified atom stereocenters. The third-order valence-electron chi connectivity index (χ3n) is 6.72. The van der Waals surface area contributed by atoms with E-state index < -0.39 is 65.3 Å². The number of hydrogen-bond donors (Lipinski definition) is 6. The Balaban J connectivity index is 3.50. The summed E-state index contributed by atoms with van der Waals surface area (Å²) in [4.78, 5) is 12.6. The van der Waals surface area contributed by atoms with Gasteiger partial charge in [-0.3, -0.25) is 4.79 Å². The Hall–Kier alpha value is -1.26. The molecule has 1 saturated heterocycles. The van der Waals surface area contributed by atoms with Gasteiger partial charge >= 0.3 is 5.97 Å². The van der Waals surface area contributed by atoms with E-state index in [4.69, 9.17) is 4.74 Å². The van der Waals surface area contributed by atoms with Crippen molar-refractivity contribution in [2.24, 2.45) is 28.8 Å². The summed E-state index contributed by atoms with van der Waals surface area (Å²) in [6.07, 6.45) is -5.11. The SMILES string of the molecule is CCC1OC(=O)C(C)C(O)C(C)C(O)C(C)(O)CC(C)/C(=N\O)C(C)C(O)C1(C)O. The number of hydrogen-bond acceptors (Lipinski definition) is 9. The number of carbonyl (C=O) groups excluding carboxylic acids is 1. The molecule has 0 bridgehead atoms. The van der Waals surface area contributed by atoms with Crippen LogP contribution in [0.2, 0.25) is 0 Å². The Morgan fingerprint density at radius 3 is 2.03 bits per heavy atom. The van der Waals surface area contributed by atoms with Gasteiger partial charge < -0.3 is 35.5 Å². The van der Waals surface area contributed by atoms with E-state index in [1.165, 1.54) is 27.7 Å². The fourth-order valence-corrected chi connectivity index (χ4v) is 4.55. The number of cyclic esters (lactones) is 1. The Kier molecular flexibility index (Phi) is 8.84. The highest BCUT2D eigenvalue weighted by Gasteiger charge is 2.48. The van der Waals surface area contributed by atoms with Gasteiger partial charge in [0, 0.05) is 17.8 Å². The van der Waals surface area contributed by atoms with Crippen molar-refractivity contribution < 1.29 is 40.3 Å². The quantitative estimate of drug-likeness (QED) is 0.200. The Morgan fingerprint density at radius 1 is 1.03 bits per heavy atom. The molecule has 1 heterocycles. The monoisotopic (exact) mass is 433 g/mol. The molecule has 0 aromatic carbocycles. The molecule has 6 N–H and O–H groups in total. The third-order valence-corrected chi connectivity index (χ3v) is 6.72. The van der Waals surface area contributed by atoms with E-state index in [-0.39, 0.29) is 18.6 Å². The Labute approximate surface area is 178 Å². The topological polar surface area (TPSA) is 160 Å². The van der Waals surface area contributed by atoms with Gasteiger partial charge in [0.1, 0.15) is 11.7 Å². The first-order valence-electron chi connectivity index (χ1n) is 10.5. The lowest BCUT2D eigenvalue weighted by Crippen LogP contribution is -2.57. The molecule has 0 aromatic heterocycles. The van der Waals surface area contributed by atoms with Crippen LogP contribution in [0.3, 0.4) is 0 Å². The number of aliphatic hydroxyl groups is 5. The van der Waals surface area contributed by atoms with Crippen LogP contribution in [0, 0.1) is 23.7 Å². The summed E-state index contributed by atoms with van der Waals surface area (Å²) < 4.78 is 5.44. The zero-order valence-electron chi connectivity index (χ0n) is 19.0. The van der Waals surface area contributed by atoms with Gasteiger partial charge in [-0.2, -0.15) is 0 Å². The van der Waals surface area contributed by atoms with E-state index in [2.05, 4.69) is 5.16 Å². The maximum Gasteiger partial charge on any atom is 0.311 e. The summed E-state index contributed by atoms with van der Waals surface area (Å²) in [5.41, 5.74) is -3.44. The van der Waals surface area contributed by atoms with Crippen LogP contribution in [0.4, 0.5) is 0 Å². The second kappa shape index (κ2) is 9.91. The van der Waals surface area contributed by atoms with Crippen molar-refractivity contribution >= 4 is 11.7 Å². The second-order valence-electron chi connectivity index (χ2n) is 9.36. The van der Waals surface area contributed by atoms with Gasteiger partial charge in [0.2, 0.25) is 0 Å². The number of ether oxygens (including phenoxy) is 1. The molecule has 9 heteroatoms. The lowest BCUT2D eigenvalue weighted by molar-refractivity contribution is -0.191. The van der Waals surface area contributed by atoms with Crippen LogP contribution in [0.15, 0.2) is 5.16 Å². The highest BCUT2D eigenvalue weighted by molar-refractivity contribution is 5.88. The molecule has 9 nitrogen and oxygen atoms in total. The lowest BCUT2D eigenvalue weighted by atomic mass is 9.74. The third kappa shape index (κ3) is 5.31. The van der Waals surface area contributed by atoms with Crippen molar-refractivity contribution in [2.45, 2.75) is 96.9 Å². The smallest absolute Gasteiger partial charge is 0.311 e. The summed E-state index contributed by atoms with van der Waals surface area (Å²) in [6, 6.07) is 0. The van der Waals surface area contributed by atoms with Crippen LogP contribution in [0.1, 0.15) is 61.3 Å². The van der Waals surface area contributed by atoms with Crippen LogP contribution >= 0.6 is 0 Å². The number of rotatable bonds is 1. The minimum Gasteiger partial charge on any atom is -0.459 e. The van der Waals surface area contributed by atoms with Crippen LogP contribution in [0.5, 0.6) is 0 Å². The summed E-state index contributed by atoms with van der Waals surface area (Å²) in [6.45, 7) is 10.6. The number of nitrogens with zero attached hydrogens (tertiary/aromatic N) is 1. The van der Waals surface area contributed by atoms with Gasteiger partial charge in [0.15, 0.2) is 0 Å². The van der Waals surface area contributed by atoms with Gasteiger partial charge in [0.05, 0.1) is 35.5 Å². The fourth-order valence-electron chi connectivity index (χ4n) is 4.55. The maximum absolute atomic E-state index is 12.6. The average molecular weight is 434 g/mol. The van der Waals surface area contributed by atoms with Gasteiger partial charge in [-0.25, -0.2) is 0 Å². The molecule has 1 fully saturated rings. The second-order valence-corrected chi connectivity index (χ2v) is 9.36.